The molecule has 0 saturated carbocycles. The van der Waals surface area contributed by atoms with Gasteiger partial charge >= 0.3 is 35.5 Å². The molecule has 23 heavy (non-hydrogen) atoms. The van der Waals surface area contributed by atoms with Crippen molar-refractivity contribution in [2.75, 3.05) is 34.7 Å². The molecule has 0 aliphatic rings. The third-order valence-electron chi connectivity index (χ3n) is 3.03. The molecular formula is C17H28IN3OPt. The van der Waals surface area contributed by atoms with Crippen molar-refractivity contribution < 1.29 is 20.9 Å². The van der Waals surface area contributed by atoms with E-state index in [4.69, 9.17) is 0 Å². The van der Waals surface area contributed by atoms with Crippen molar-refractivity contribution >= 4 is 25.3 Å². The number of unbranched alkanes of at least 4 members (excludes halogenated alkanes) is 1. The Balaban J connectivity index is 0.00000232. The third-order valence-corrected chi connectivity index (χ3v) is 3.03. The first-order chi connectivity index (χ1) is 10.9. The first-order valence-corrected chi connectivity index (χ1v) is 14.1. The minimum atomic E-state index is 0.0115. The molecule has 0 saturated heterocycles. The van der Waals surface area contributed by atoms with Crippen LogP contribution in [0, 0.1) is 6.07 Å². The van der Waals surface area contributed by atoms with E-state index in [-0.39, 0.29) is 5.91 Å². The fourth-order valence-corrected chi connectivity index (χ4v) is 2.16. The van der Waals surface area contributed by atoms with Crippen LogP contribution in [0.2, 0.25) is 0 Å². The van der Waals surface area contributed by atoms with Crippen LogP contribution in [0.4, 0.5) is 0 Å². The summed E-state index contributed by atoms with van der Waals surface area (Å²) in [5, 5.41) is 2.98. The van der Waals surface area contributed by atoms with Crippen LogP contribution in [0.5, 0.6) is 0 Å². The fourth-order valence-electron chi connectivity index (χ4n) is 2.16. The summed E-state index contributed by atoms with van der Waals surface area (Å²) in [7, 11) is 8.09. The Bertz CT molecular complexity index is 439. The molecule has 1 N–H and O–H groups in total. The molecular weight excluding hydrogens is 584 g/mol. The van der Waals surface area contributed by atoms with Crippen LogP contribution in [-0.2, 0) is 29.2 Å². The van der Waals surface area contributed by atoms with Crippen LogP contribution in [-0.4, -0.2) is 50.4 Å². The van der Waals surface area contributed by atoms with Gasteiger partial charge in [0.1, 0.15) is 0 Å². The van der Waals surface area contributed by atoms with Gasteiger partial charge in [-0.25, -0.2) is 0 Å². The van der Waals surface area contributed by atoms with Crippen molar-refractivity contribution in [2.24, 2.45) is 0 Å². The van der Waals surface area contributed by atoms with E-state index in [0.717, 1.165) is 49.2 Å². The van der Waals surface area contributed by atoms with Crippen molar-refractivity contribution in [2.45, 2.75) is 32.9 Å². The number of rotatable bonds is 8. The summed E-state index contributed by atoms with van der Waals surface area (Å²) in [5.41, 5.74) is 2.85. The summed E-state index contributed by atoms with van der Waals surface area (Å²) in [5.74, 6) is 0.0115. The standard InChI is InChI=1S/C17H28N3O.HI.Pt/c1-6-7-8-18-17(21)16-10-14(12-19(2)3)9-15(11-16)13-20(4)5;;/h10-11H,6-8,12-13H2,1-5H3,(H,18,21);1H;/q-1;;+2/p-1. The number of carbonyl (C=O) groups is 1. The molecule has 0 bridgehead atoms. The molecule has 0 fully saturated rings. The second-order valence-electron chi connectivity index (χ2n) is 6.00. The zero-order valence-corrected chi connectivity index (χ0v) is 19.1. The van der Waals surface area contributed by atoms with E-state index in [0.29, 0.717) is 0 Å². The van der Waals surface area contributed by atoms with Crippen molar-refractivity contribution in [1.29, 1.82) is 0 Å². The molecule has 134 valence electrons. The Morgan fingerprint density at radius 2 is 1.61 bits per heavy atom. The summed E-state index contributed by atoms with van der Waals surface area (Å²) in [6.45, 7) is 4.43. The number of amides is 1. The summed E-state index contributed by atoms with van der Waals surface area (Å²) < 4.78 is 0. The van der Waals surface area contributed by atoms with Gasteiger partial charge < -0.3 is 15.1 Å². The molecule has 1 aromatic rings. The van der Waals surface area contributed by atoms with E-state index in [2.05, 4.69) is 63.6 Å². The predicted octanol–water partition coefficient (Wildman–Crippen LogP) is 3.02. The van der Waals surface area contributed by atoms with E-state index in [9.17, 15) is 4.79 Å². The summed E-state index contributed by atoms with van der Waals surface area (Å²) in [6.07, 6.45) is 2.10. The van der Waals surface area contributed by atoms with Crippen LogP contribution in [0.15, 0.2) is 12.1 Å². The Morgan fingerprint density at radius 3 is 2.00 bits per heavy atom. The quantitative estimate of drug-likeness (QED) is 0.279. The monoisotopic (exact) mass is 612 g/mol. The number of halogens is 1. The summed E-state index contributed by atoms with van der Waals surface area (Å²) in [4.78, 5) is 16.4. The fraction of sp³-hybridized carbons (Fsp3) is 0.588. The Morgan fingerprint density at radius 1 is 1.13 bits per heavy atom. The molecule has 0 heterocycles. The number of nitrogens with one attached hydrogen (secondary N) is 1. The van der Waals surface area contributed by atoms with E-state index in [1.165, 1.54) is 0 Å². The molecule has 1 aromatic carbocycles. The van der Waals surface area contributed by atoms with Gasteiger partial charge in [0.15, 0.2) is 0 Å². The van der Waals surface area contributed by atoms with E-state index in [1.54, 1.807) is 0 Å². The van der Waals surface area contributed by atoms with E-state index < -0.39 is 0 Å². The van der Waals surface area contributed by atoms with Gasteiger partial charge in [0.05, 0.1) is 0 Å². The first kappa shape index (κ1) is 23.0. The van der Waals surface area contributed by atoms with E-state index >= 15 is 0 Å². The van der Waals surface area contributed by atoms with Gasteiger partial charge in [-0.05, 0) is 34.6 Å². The molecule has 1 amide bonds. The molecule has 0 unspecified atom stereocenters. The second-order valence-corrected chi connectivity index (χ2v) is 6.00. The molecule has 0 aliphatic carbocycles. The zero-order valence-electron chi connectivity index (χ0n) is 14.7. The van der Waals surface area contributed by atoms with Gasteiger partial charge in [0.25, 0.3) is 0 Å². The third kappa shape index (κ3) is 10.5. The number of hydrogen-bond acceptors (Lipinski definition) is 3. The Labute approximate surface area is 163 Å². The number of benzene rings is 1. The van der Waals surface area contributed by atoms with Crippen LogP contribution >= 0.6 is 19.4 Å². The van der Waals surface area contributed by atoms with Gasteiger partial charge in [0, 0.05) is 19.6 Å². The average Bonchev–Trinajstić information content (AvgIpc) is 2.47. The predicted molar refractivity (Wildman–Crippen MR) is 101 cm³/mol. The zero-order chi connectivity index (χ0) is 17.8. The topological polar surface area (TPSA) is 35.6 Å². The number of carbonyl (C=O) groups excluding carboxylic acids is 1. The van der Waals surface area contributed by atoms with Crippen molar-refractivity contribution in [3.8, 4) is 0 Å². The van der Waals surface area contributed by atoms with Crippen molar-refractivity contribution in [1.82, 2.24) is 15.1 Å². The maximum atomic E-state index is 12.2. The maximum absolute atomic E-state index is 12.2. The minimum absolute atomic E-state index is 0.0115. The number of hydrogen-bond donors (Lipinski definition) is 1. The van der Waals surface area contributed by atoms with Crippen LogP contribution in [0.1, 0.15) is 41.3 Å². The first-order valence-electron chi connectivity index (χ1n) is 7.67. The molecule has 0 spiro atoms. The summed E-state index contributed by atoms with van der Waals surface area (Å²) in [6, 6.07) is 7.30. The number of nitrogens with zero attached hydrogens (tertiary/aromatic N) is 2. The van der Waals surface area contributed by atoms with Crippen molar-refractivity contribution in [3.05, 3.63) is 34.9 Å². The van der Waals surface area contributed by atoms with E-state index in [1.807, 2.05) is 40.3 Å². The van der Waals surface area contributed by atoms with Crippen LogP contribution in [0.25, 0.3) is 0 Å². The summed E-state index contributed by atoms with van der Waals surface area (Å²) >= 11 is 4.23. The SMILES string of the molecule is CCCCNC(=O)c1cc(CN(C)C)[c-]c(CN(C)C)c1.[I][Pt+]. The molecule has 0 atom stereocenters. The Kier molecular flexibility index (Phi) is 13.4. The molecule has 4 nitrogen and oxygen atoms in total. The molecule has 0 aromatic heterocycles. The van der Waals surface area contributed by atoms with Crippen LogP contribution in [0.3, 0.4) is 0 Å². The van der Waals surface area contributed by atoms with Gasteiger partial charge in [-0.15, -0.1) is 11.1 Å². The Hall–Kier alpha value is 0.0283. The normalized spacial score (nSPS) is 10.5. The van der Waals surface area contributed by atoms with Gasteiger partial charge in [-0.1, -0.05) is 18.9 Å². The van der Waals surface area contributed by atoms with Crippen molar-refractivity contribution in [3.63, 3.8) is 0 Å². The average molecular weight is 612 g/mol. The molecule has 1 rings (SSSR count). The van der Waals surface area contributed by atoms with Crippen LogP contribution < -0.4 is 5.32 Å². The molecule has 0 aliphatic heterocycles. The van der Waals surface area contributed by atoms with Gasteiger partial charge in [-0.3, -0.25) is 4.79 Å². The second kappa shape index (κ2) is 13.3. The van der Waals surface area contributed by atoms with Gasteiger partial charge in [0.2, 0.25) is 5.91 Å². The molecule has 0 radical (unpaired) electrons. The molecule has 6 heteroatoms. The van der Waals surface area contributed by atoms with Gasteiger partial charge in [-0.2, -0.15) is 18.2 Å².